The van der Waals surface area contributed by atoms with E-state index in [1.165, 1.54) is 24.3 Å². The van der Waals surface area contributed by atoms with Crippen LogP contribution in [0.25, 0.3) is 0 Å². The molecule has 1 aromatic carbocycles. The summed E-state index contributed by atoms with van der Waals surface area (Å²) in [5, 5.41) is 2.75. The second-order valence-electron chi connectivity index (χ2n) is 6.91. The summed E-state index contributed by atoms with van der Waals surface area (Å²) in [5.41, 5.74) is 1.04. The molecule has 0 radical (unpaired) electrons. The third-order valence-corrected chi connectivity index (χ3v) is 5.08. The van der Waals surface area contributed by atoms with Crippen LogP contribution in [0.15, 0.2) is 30.5 Å². The lowest BCUT2D eigenvalue weighted by atomic mass is 10.2. The number of aryl methyl sites for hydroxylation is 2. The smallest absolute Gasteiger partial charge is 0.321 e. The maximum Gasteiger partial charge on any atom is 0.321 e. The second-order valence-corrected chi connectivity index (χ2v) is 6.91. The number of halogens is 1. The molecule has 0 spiro atoms. The van der Waals surface area contributed by atoms with Crippen LogP contribution in [0.4, 0.5) is 14.9 Å². The molecule has 7 nitrogen and oxygen atoms in total. The van der Waals surface area contributed by atoms with Crippen molar-refractivity contribution in [2.45, 2.75) is 25.8 Å². The summed E-state index contributed by atoms with van der Waals surface area (Å²) in [6.07, 6.45) is 5.01. The number of imidazole rings is 1. The first-order chi connectivity index (χ1) is 13.1. The topological polar surface area (TPSA) is 70.5 Å². The summed E-state index contributed by atoms with van der Waals surface area (Å²) >= 11 is 0. The highest BCUT2D eigenvalue weighted by Crippen LogP contribution is 2.17. The first kappa shape index (κ1) is 17.5. The first-order valence-electron chi connectivity index (χ1n) is 9.27. The van der Waals surface area contributed by atoms with Gasteiger partial charge in [-0.15, -0.1) is 0 Å². The van der Waals surface area contributed by atoms with Crippen molar-refractivity contribution in [3.63, 3.8) is 0 Å². The first-order valence-corrected chi connectivity index (χ1v) is 9.27. The molecule has 0 bridgehead atoms. The normalized spacial score (nSPS) is 16.8. The number of piperazine rings is 1. The van der Waals surface area contributed by atoms with Crippen molar-refractivity contribution in [2.24, 2.45) is 0 Å². The number of rotatable bonds is 2. The van der Waals surface area contributed by atoms with Gasteiger partial charge in [-0.3, -0.25) is 4.79 Å². The number of carbonyl (C=O) groups excluding carboxylic acids is 2. The summed E-state index contributed by atoms with van der Waals surface area (Å²) in [6.45, 7) is 2.77. The van der Waals surface area contributed by atoms with Gasteiger partial charge >= 0.3 is 6.03 Å². The Labute approximate surface area is 156 Å². The molecule has 3 heterocycles. The Morgan fingerprint density at radius 1 is 0.963 bits per heavy atom. The third kappa shape index (κ3) is 3.79. The van der Waals surface area contributed by atoms with Gasteiger partial charge in [-0.25, -0.2) is 14.2 Å². The predicted octanol–water partition coefficient (Wildman–Crippen LogP) is 2.35. The number of hydrogen-bond acceptors (Lipinski definition) is 3. The molecular formula is C19H22FN5O2. The lowest BCUT2D eigenvalue weighted by Gasteiger charge is -2.34. The summed E-state index contributed by atoms with van der Waals surface area (Å²) in [5.74, 6) is 0.568. The Kier molecular flexibility index (Phi) is 4.79. The molecule has 1 N–H and O–H groups in total. The van der Waals surface area contributed by atoms with Gasteiger partial charge < -0.3 is 19.7 Å². The fourth-order valence-electron chi connectivity index (χ4n) is 3.53. The molecule has 3 amide bonds. The van der Waals surface area contributed by atoms with Gasteiger partial charge in [0.1, 0.15) is 17.3 Å². The number of anilines is 1. The summed E-state index contributed by atoms with van der Waals surface area (Å²) in [6, 6.07) is 5.40. The number of fused-ring (bicyclic) bond motifs is 1. The maximum atomic E-state index is 12.9. The molecule has 1 aromatic heterocycles. The molecule has 0 atom stereocenters. The van der Waals surface area contributed by atoms with Crippen LogP contribution in [0.3, 0.4) is 0 Å². The molecule has 4 rings (SSSR count). The van der Waals surface area contributed by atoms with Crippen LogP contribution in [-0.4, -0.2) is 57.5 Å². The van der Waals surface area contributed by atoms with Crippen LogP contribution >= 0.6 is 0 Å². The minimum absolute atomic E-state index is 0.0736. The zero-order valence-electron chi connectivity index (χ0n) is 15.0. The standard InChI is InChI=1S/C19H22FN5O2/c20-14-4-6-15(7-5-14)21-19(27)24-11-9-23(10-12-24)18(26)16-13-25-8-2-1-3-17(25)22-16/h4-7,13H,1-3,8-12H2,(H,21,27). The number of hydrogen-bond donors (Lipinski definition) is 1. The molecule has 2 aliphatic heterocycles. The minimum Gasteiger partial charge on any atom is -0.334 e. The van der Waals surface area contributed by atoms with Crippen molar-refractivity contribution in [3.8, 4) is 0 Å². The third-order valence-electron chi connectivity index (χ3n) is 5.08. The van der Waals surface area contributed by atoms with E-state index in [0.717, 1.165) is 31.6 Å². The van der Waals surface area contributed by atoms with Crippen molar-refractivity contribution in [1.82, 2.24) is 19.4 Å². The van der Waals surface area contributed by atoms with Crippen molar-refractivity contribution < 1.29 is 14.0 Å². The van der Waals surface area contributed by atoms with E-state index in [0.29, 0.717) is 37.6 Å². The number of carbonyl (C=O) groups is 2. The highest BCUT2D eigenvalue weighted by Gasteiger charge is 2.27. The van der Waals surface area contributed by atoms with Gasteiger partial charge in [0.15, 0.2) is 0 Å². The molecule has 142 valence electrons. The van der Waals surface area contributed by atoms with Gasteiger partial charge in [-0.2, -0.15) is 0 Å². The number of amides is 3. The van der Waals surface area contributed by atoms with E-state index in [9.17, 15) is 14.0 Å². The van der Waals surface area contributed by atoms with Crippen LogP contribution in [-0.2, 0) is 13.0 Å². The zero-order valence-corrected chi connectivity index (χ0v) is 15.0. The van der Waals surface area contributed by atoms with Crippen LogP contribution in [0.5, 0.6) is 0 Å². The number of nitrogens with zero attached hydrogens (tertiary/aromatic N) is 4. The molecule has 2 aromatic rings. The largest absolute Gasteiger partial charge is 0.334 e. The molecule has 0 saturated carbocycles. The van der Waals surface area contributed by atoms with E-state index in [1.807, 2.05) is 6.20 Å². The average molecular weight is 371 g/mol. The Morgan fingerprint density at radius 3 is 2.37 bits per heavy atom. The molecule has 8 heteroatoms. The molecular weight excluding hydrogens is 349 g/mol. The van der Waals surface area contributed by atoms with Crippen LogP contribution < -0.4 is 5.32 Å². The van der Waals surface area contributed by atoms with Gasteiger partial charge in [0.2, 0.25) is 0 Å². The molecule has 0 aliphatic carbocycles. The molecule has 1 saturated heterocycles. The van der Waals surface area contributed by atoms with Gasteiger partial charge in [-0.1, -0.05) is 0 Å². The number of urea groups is 1. The van der Waals surface area contributed by atoms with Crippen molar-refractivity contribution in [1.29, 1.82) is 0 Å². The number of benzene rings is 1. The lowest BCUT2D eigenvalue weighted by Crippen LogP contribution is -2.51. The second kappa shape index (κ2) is 7.38. The van der Waals surface area contributed by atoms with E-state index in [4.69, 9.17) is 0 Å². The summed E-state index contributed by atoms with van der Waals surface area (Å²) in [7, 11) is 0. The van der Waals surface area contributed by atoms with Crippen molar-refractivity contribution >= 4 is 17.6 Å². The Balaban J connectivity index is 1.33. The monoisotopic (exact) mass is 371 g/mol. The molecule has 0 unspecified atom stereocenters. The Bertz CT molecular complexity index is 817. The van der Waals surface area contributed by atoms with Gasteiger partial charge in [0.05, 0.1) is 0 Å². The van der Waals surface area contributed by atoms with E-state index in [-0.39, 0.29) is 17.8 Å². The van der Waals surface area contributed by atoms with Crippen LogP contribution in [0.1, 0.15) is 29.2 Å². The average Bonchev–Trinajstić information content (AvgIpc) is 3.13. The summed E-state index contributed by atoms with van der Waals surface area (Å²) < 4.78 is 15.0. The fourth-order valence-corrected chi connectivity index (χ4v) is 3.53. The van der Waals surface area contributed by atoms with E-state index in [2.05, 4.69) is 14.9 Å². The quantitative estimate of drug-likeness (QED) is 0.881. The molecule has 2 aliphatic rings. The fraction of sp³-hybridized carbons (Fsp3) is 0.421. The Morgan fingerprint density at radius 2 is 1.67 bits per heavy atom. The minimum atomic E-state index is -0.346. The number of aromatic nitrogens is 2. The van der Waals surface area contributed by atoms with E-state index in [1.54, 1.807) is 9.80 Å². The maximum absolute atomic E-state index is 12.9. The highest BCUT2D eigenvalue weighted by molar-refractivity contribution is 5.93. The van der Waals surface area contributed by atoms with Gasteiger partial charge in [0.25, 0.3) is 5.91 Å². The van der Waals surface area contributed by atoms with Crippen LogP contribution in [0.2, 0.25) is 0 Å². The van der Waals surface area contributed by atoms with Crippen molar-refractivity contribution in [2.75, 3.05) is 31.5 Å². The zero-order chi connectivity index (χ0) is 18.8. The highest BCUT2D eigenvalue weighted by atomic mass is 19.1. The van der Waals surface area contributed by atoms with Gasteiger partial charge in [0, 0.05) is 51.0 Å². The lowest BCUT2D eigenvalue weighted by molar-refractivity contribution is 0.0666. The summed E-state index contributed by atoms with van der Waals surface area (Å²) in [4.78, 5) is 32.9. The molecule has 1 fully saturated rings. The van der Waals surface area contributed by atoms with E-state index < -0.39 is 0 Å². The Hall–Kier alpha value is -2.90. The van der Waals surface area contributed by atoms with E-state index >= 15 is 0 Å². The molecule has 27 heavy (non-hydrogen) atoms. The van der Waals surface area contributed by atoms with Gasteiger partial charge in [-0.05, 0) is 37.1 Å². The predicted molar refractivity (Wildman–Crippen MR) is 98.1 cm³/mol. The SMILES string of the molecule is O=C(Nc1ccc(F)cc1)N1CCN(C(=O)c2cn3c(n2)CCCC3)CC1. The van der Waals surface area contributed by atoms with Crippen molar-refractivity contribution in [3.05, 3.63) is 47.8 Å². The van der Waals surface area contributed by atoms with Crippen LogP contribution in [0, 0.1) is 5.82 Å². The number of nitrogens with one attached hydrogen (secondary N) is 1.